The van der Waals surface area contributed by atoms with Crippen molar-refractivity contribution in [2.45, 2.75) is 13.5 Å². The van der Waals surface area contributed by atoms with Crippen LogP contribution < -0.4 is 10.1 Å². The first-order valence-corrected chi connectivity index (χ1v) is 6.19. The van der Waals surface area contributed by atoms with Crippen LogP contribution in [0.3, 0.4) is 0 Å². The van der Waals surface area contributed by atoms with Crippen LogP contribution in [-0.4, -0.2) is 17.2 Å². The third-order valence-corrected chi connectivity index (χ3v) is 2.91. The highest BCUT2D eigenvalue weighted by atomic mass is 35.5. The third kappa shape index (κ3) is 3.29. The number of ether oxygens (including phenoxy) is 1. The Labute approximate surface area is 117 Å². The van der Waals surface area contributed by atoms with Gasteiger partial charge in [0, 0.05) is 35.6 Å². The lowest BCUT2D eigenvalue weighted by atomic mass is 10.1. The molecule has 0 amide bonds. The van der Waals surface area contributed by atoms with Gasteiger partial charge in [0.2, 0.25) is 0 Å². The number of rotatable bonds is 4. The minimum atomic E-state index is 0.0972. The fraction of sp³-hybridized carbons (Fsp3) is 0.214. The molecular formula is C14H15ClN2O2. The molecule has 1 aromatic heterocycles. The fourth-order valence-electron chi connectivity index (χ4n) is 1.77. The van der Waals surface area contributed by atoms with Gasteiger partial charge >= 0.3 is 0 Å². The molecule has 4 nitrogen and oxygen atoms in total. The molecular weight excluding hydrogens is 264 g/mol. The Morgan fingerprint density at radius 3 is 2.79 bits per heavy atom. The van der Waals surface area contributed by atoms with E-state index in [-0.39, 0.29) is 5.75 Å². The maximum Gasteiger partial charge on any atom is 0.162 e. The molecule has 2 rings (SSSR count). The molecule has 2 aromatic rings. The van der Waals surface area contributed by atoms with Crippen molar-refractivity contribution in [1.82, 2.24) is 4.98 Å². The van der Waals surface area contributed by atoms with E-state index in [1.807, 2.05) is 13.0 Å². The number of methoxy groups -OCH3 is 1. The SMILES string of the molecule is COc1cc(Cl)cc(CNc2cncc(C)c2)c1O. The number of aromatic nitrogens is 1. The number of nitrogens with zero attached hydrogens (tertiary/aromatic N) is 1. The summed E-state index contributed by atoms with van der Waals surface area (Å²) in [6.07, 6.45) is 3.51. The Kier molecular flexibility index (Phi) is 4.12. The van der Waals surface area contributed by atoms with Gasteiger partial charge in [-0.15, -0.1) is 0 Å². The number of phenolic OH excluding ortho intramolecular Hbond substituents is 1. The predicted molar refractivity (Wildman–Crippen MR) is 76.0 cm³/mol. The van der Waals surface area contributed by atoms with E-state index in [0.717, 1.165) is 11.3 Å². The van der Waals surface area contributed by atoms with E-state index in [9.17, 15) is 5.11 Å². The zero-order chi connectivity index (χ0) is 13.8. The number of benzene rings is 1. The number of anilines is 1. The Hall–Kier alpha value is -1.94. The average molecular weight is 279 g/mol. The molecule has 0 aliphatic heterocycles. The molecule has 5 heteroatoms. The molecule has 1 aromatic carbocycles. The molecule has 0 radical (unpaired) electrons. The van der Waals surface area contributed by atoms with Crippen molar-refractivity contribution in [1.29, 1.82) is 0 Å². The van der Waals surface area contributed by atoms with E-state index in [0.29, 0.717) is 22.9 Å². The van der Waals surface area contributed by atoms with Gasteiger partial charge in [-0.05, 0) is 24.6 Å². The molecule has 0 atom stereocenters. The second-order valence-electron chi connectivity index (χ2n) is 4.22. The maximum atomic E-state index is 10.0. The van der Waals surface area contributed by atoms with Crippen LogP contribution in [0, 0.1) is 6.92 Å². The predicted octanol–water partition coefficient (Wildman–Crippen LogP) is 3.37. The lowest BCUT2D eigenvalue weighted by Gasteiger charge is -2.11. The summed E-state index contributed by atoms with van der Waals surface area (Å²) in [7, 11) is 1.49. The minimum Gasteiger partial charge on any atom is -0.504 e. The van der Waals surface area contributed by atoms with Crippen LogP contribution in [0.2, 0.25) is 5.02 Å². The van der Waals surface area contributed by atoms with Gasteiger partial charge in [-0.1, -0.05) is 11.6 Å². The first-order valence-electron chi connectivity index (χ1n) is 5.81. The van der Waals surface area contributed by atoms with Gasteiger partial charge in [-0.2, -0.15) is 0 Å². The van der Waals surface area contributed by atoms with Crippen LogP contribution in [0.1, 0.15) is 11.1 Å². The number of phenols is 1. The second-order valence-corrected chi connectivity index (χ2v) is 4.66. The number of aromatic hydroxyl groups is 1. The molecule has 0 spiro atoms. The van der Waals surface area contributed by atoms with Crippen LogP contribution in [0.15, 0.2) is 30.6 Å². The zero-order valence-corrected chi connectivity index (χ0v) is 11.5. The third-order valence-electron chi connectivity index (χ3n) is 2.70. The number of nitrogens with one attached hydrogen (secondary N) is 1. The Morgan fingerprint density at radius 2 is 2.11 bits per heavy atom. The van der Waals surface area contributed by atoms with Crippen molar-refractivity contribution in [3.8, 4) is 11.5 Å². The van der Waals surface area contributed by atoms with Crippen molar-refractivity contribution < 1.29 is 9.84 Å². The number of hydrogen-bond donors (Lipinski definition) is 2. The molecule has 0 bridgehead atoms. The lowest BCUT2D eigenvalue weighted by Crippen LogP contribution is -2.01. The molecule has 0 aliphatic rings. The first kappa shape index (κ1) is 13.5. The summed E-state index contributed by atoms with van der Waals surface area (Å²) < 4.78 is 5.06. The molecule has 19 heavy (non-hydrogen) atoms. The molecule has 0 saturated heterocycles. The van der Waals surface area contributed by atoms with Crippen LogP contribution in [0.25, 0.3) is 0 Å². The van der Waals surface area contributed by atoms with E-state index in [1.165, 1.54) is 7.11 Å². The number of pyridine rings is 1. The molecule has 100 valence electrons. The van der Waals surface area contributed by atoms with Gasteiger partial charge in [0.1, 0.15) is 0 Å². The molecule has 0 saturated carbocycles. The van der Waals surface area contributed by atoms with Crippen molar-refractivity contribution in [3.63, 3.8) is 0 Å². The smallest absolute Gasteiger partial charge is 0.162 e. The lowest BCUT2D eigenvalue weighted by molar-refractivity contribution is 0.371. The highest BCUT2D eigenvalue weighted by Crippen LogP contribution is 2.33. The fourth-order valence-corrected chi connectivity index (χ4v) is 2.00. The monoisotopic (exact) mass is 278 g/mol. The standard InChI is InChI=1S/C14H15ClN2O2/c1-9-3-12(8-16-6-9)17-7-10-4-11(15)5-13(19-2)14(10)18/h3-6,8,17-18H,7H2,1-2H3. The molecule has 2 N–H and O–H groups in total. The van der Waals surface area contributed by atoms with Gasteiger partial charge in [-0.3, -0.25) is 4.98 Å². The van der Waals surface area contributed by atoms with Crippen LogP contribution in [-0.2, 0) is 6.54 Å². The largest absolute Gasteiger partial charge is 0.504 e. The van der Waals surface area contributed by atoms with Gasteiger partial charge in [0.15, 0.2) is 11.5 Å². The normalized spacial score (nSPS) is 10.3. The van der Waals surface area contributed by atoms with E-state index in [1.54, 1.807) is 24.5 Å². The van der Waals surface area contributed by atoms with E-state index in [2.05, 4.69) is 10.3 Å². The van der Waals surface area contributed by atoms with Gasteiger partial charge < -0.3 is 15.2 Å². The molecule has 0 aliphatic carbocycles. The van der Waals surface area contributed by atoms with Crippen molar-refractivity contribution in [2.24, 2.45) is 0 Å². The zero-order valence-electron chi connectivity index (χ0n) is 10.8. The average Bonchev–Trinajstić information content (AvgIpc) is 2.39. The van der Waals surface area contributed by atoms with Crippen molar-refractivity contribution in [2.75, 3.05) is 12.4 Å². The molecule has 0 unspecified atom stereocenters. The van der Waals surface area contributed by atoms with Gasteiger partial charge in [0.05, 0.1) is 12.8 Å². The summed E-state index contributed by atoms with van der Waals surface area (Å²) in [4.78, 5) is 4.09. The minimum absolute atomic E-state index is 0.0972. The number of halogens is 1. The van der Waals surface area contributed by atoms with E-state index < -0.39 is 0 Å². The van der Waals surface area contributed by atoms with Crippen LogP contribution in [0.5, 0.6) is 11.5 Å². The Morgan fingerprint density at radius 1 is 1.32 bits per heavy atom. The quantitative estimate of drug-likeness (QED) is 0.900. The summed E-state index contributed by atoms with van der Waals surface area (Å²) in [5.74, 6) is 0.465. The van der Waals surface area contributed by atoms with E-state index in [4.69, 9.17) is 16.3 Å². The Balaban J connectivity index is 2.17. The van der Waals surface area contributed by atoms with Gasteiger partial charge in [-0.25, -0.2) is 0 Å². The topological polar surface area (TPSA) is 54.4 Å². The highest BCUT2D eigenvalue weighted by molar-refractivity contribution is 6.30. The second kappa shape index (κ2) is 5.80. The molecule has 1 heterocycles. The van der Waals surface area contributed by atoms with Crippen LogP contribution in [0.4, 0.5) is 5.69 Å². The number of aryl methyl sites for hydroxylation is 1. The van der Waals surface area contributed by atoms with Gasteiger partial charge in [0.25, 0.3) is 0 Å². The first-order chi connectivity index (χ1) is 9.10. The Bertz CT molecular complexity index is 588. The maximum absolute atomic E-state index is 10.0. The van der Waals surface area contributed by atoms with E-state index >= 15 is 0 Å². The van der Waals surface area contributed by atoms with Crippen molar-refractivity contribution >= 4 is 17.3 Å². The molecule has 0 fully saturated rings. The summed E-state index contributed by atoms with van der Waals surface area (Å²) in [5, 5.41) is 13.7. The summed E-state index contributed by atoms with van der Waals surface area (Å²) in [6.45, 7) is 2.41. The summed E-state index contributed by atoms with van der Waals surface area (Å²) in [6, 6.07) is 5.26. The summed E-state index contributed by atoms with van der Waals surface area (Å²) >= 11 is 5.98. The van der Waals surface area contributed by atoms with Crippen molar-refractivity contribution in [3.05, 3.63) is 46.7 Å². The van der Waals surface area contributed by atoms with Crippen LogP contribution >= 0.6 is 11.6 Å². The summed E-state index contributed by atoms with van der Waals surface area (Å²) in [5.41, 5.74) is 2.63. The highest BCUT2D eigenvalue weighted by Gasteiger charge is 2.09. The number of hydrogen-bond acceptors (Lipinski definition) is 4.